The molecule has 0 bridgehead atoms. The van der Waals surface area contributed by atoms with Crippen molar-refractivity contribution in [1.82, 2.24) is 0 Å². The van der Waals surface area contributed by atoms with Gasteiger partial charge in [0, 0.05) is 0 Å². The molecule has 72 valence electrons. The number of aliphatic hydroxyl groups is 1. The quantitative estimate of drug-likeness (QED) is 0.415. The number of hydrogen-bond donors (Lipinski definition) is 1. The van der Waals surface area contributed by atoms with Gasteiger partial charge in [0.1, 0.15) is 18.2 Å². The SMILES string of the molecule is O=C(C#CCO)c1cc(F)ccc1F. The fourth-order valence-corrected chi connectivity index (χ4v) is 0.859. The molecule has 4 heteroatoms. The second-order valence-electron chi connectivity index (χ2n) is 2.41. The van der Waals surface area contributed by atoms with Crippen molar-refractivity contribution in [3.8, 4) is 11.8 Å². The highest BCUT2D eigenvalue weighted by atomic mass is 19.1. The first-order valence-corrected chi connectivity index (χ1v) is 3.74. The zero-order valence-corrected chi connectivity index (χ0v) is 7.05. The Kier molecular flexibility index (Phi) is 3.32. The van der Waals surface area contributed by atoms with E-state index in [1.54, 1.807) is 0 Å². The minimum Gasteiger partial charge on any atom is -0.384 e. The smallest absolute Gasteiger partial charge is 0.239 e. The van der Waals surface area contributed by atoms with E-state index in [2.05, 4.69) is 5.92 Å². The molecule has 0 atom stereocenters. The molecule has 2 nitrogen and oxygen atoms in total. The molecule has 0 unspecified atom stereocenters. The van der Waals surface area contributed by atoms with E-state index in [0.29, 0.717) is 0 Å². The number of Topliss-reactive ketones (excluding diaryl/α,β-unsaturated/α-hetero) is 1. The summed E-state index contributed by atoms with van der Waals surface area (Å²) in [5, 5.41) is 8.29. The van der Waals surface area contributed by atoms with Crippen LogP contribution in [-0.4, -0.2) is 17.5 Å². The monoisotopic (exact) mass is 196 g/mol. The van der Waals surface area contributed by atoms with E-state index in [1.165, 1.54) is 0 Å². The van der Waals surface area contributed by atoms with Gasteiger partial charge < -0.3 is 5.11 Å². The Morgan fingerprint density at radius 3 is 2.79 bits per heavy atom. The number of carbonyl (C=O) groups excluding carboxylic acids is 1. The van der Waals surface area contributed by atoms with Gasteiger partial charge in [0.05, 0.1) is 5.56 Å². The van der Waals surface area contributed by atoms with Crippen LogP contribution in [0.2, 0.25) is 0 Å². The number of carbonyl (C=O) groups is 1. The third-order valence-corrected chi connectivity index (χ3v) is 1.45. The van der Waals surface area contributed by atoms with E-state index in [0.717, 1.165) is 18.2 Å². The fraction of sp³-hybridized carbons (Fsp3) is 0.100. The molecule has 14 heavy (non-hydrogen) atoms. The maximum Gasteiger partial charge on any atom is 0.239 e. The normalized spacial score (nSPS) is 9.07. The molecular formula is C10H6F2O2. The van der Waals surface area contributed by atoms with Crippen molar-refractivity contribution in [2.45, 2.75) is 0 Å². The highest BCUT2D eigenvalue weighted by Gasteiger charge is 2.09. The van der Waals surface area contributed by atoms with Crippen LogP contribution in [-0.2, 0) is 0 Å². The molecule has 0 saturated heterocycles. The van der Waals surface area contributed by atoms with Crippen LogP contribution in [0.4, 0.5) is 8.78 Å². The number of halogens is 2. The molecular weight excluding hydrogens is 190 g/mol. The summed E-state index contributed by atoms with van der Waals surface area (Å²) in [6.45, 7) is -0.497. The lowest BCUT2D eigenvalue weighted by molar-refractivity contribution is 0.105. The third-order valence-electron chi connectivity index (χ3n) is 1.45. The molecule has 0 aliphatic carbocycles. The zero-order chi connectivity index (χ0) is 10.6. The van der Waals surface area contributed by atoms with Crippen molar-refractivity contribution < 1.29 is 18.7 Å². The standard InChI is InChI=1S/C10H6F2O2/c11-7-3-4-9(12)8(6-7)10(14)2-1-5-13/h3-4,6,13H,5H2. The molecule has 0 heterocycles. The summed E-state index contributed by atoms with van der Waals surface area (Å²) in [5.41, 5.74) is -0.425. The Morgan fingerprint density at radius 2 is 2.14 bits per heavy atom. The van der Waals surface area contributed by atoms with Crippen LogP contribution in [0.25, 0.3) is 0 Å². The highest BCUT2D eigenvalue weighted by Crippen LogP contribution is 2.09. The van der Waals surface area contributed by atoms with Crippen LogP contribution in [0.1, 0.15) is 10.4 Å². The van der Waals surface area contributed by atoms with Crippen molar-refractivity contribution in [3.05, 3.63) is 35.4 Å². The Labute approximate surface area is 79.2 Å². The lowest BCUT2D eigenvalue weighted by Gasteiger charge is -1.96. The summed E-state index contributed by atoms with van der Waals surface area (Å²) in [6.07, 6.45) is 0. The largest absolute Gasteiger partial charge is 0.384 e. The summed E-state index contributed by atoms with van der Waals surface area (Å²) in [5.74, 6) is 1.64. The molecule has 0 radical (unpaired) electrons. The first-order chi connectivity index (χ1) is 6.65. The van der Waals surface area contributed by atoms with Crippen LogP contribution >= 0.6 is 0 Å². The maximum atomic E-state index is 12.9. The average Bonchev–Trinajstić information content (AvgIpc) is 2.18. The second-order valence-corrected chi connectivity index (χ2v) is 2.41. The number of benzene rings is 1. The minimum atomic E-state index is -0.851. The summed E-state index contributed by atoms with van der Waals surface area (Å²) in [4.78, 5) is 11.1. The zero-order valence-electron chi connectivity index (χ0n) is 7.05. The molecule has 0 amide bonds. The topological polar surface area (TPSA) is 37.3 Å². The summed E-state index contributed by atoms with van der Waals surface area (Å²) < 4.78 is 25.5. The number of ketones is 1. The second kappa shape index (κ2) is 4.49. The summed E-state index contributed by atoms with van der Waals surface area (Å²) >= 11 is 0. The molecule has 0 aromatic heterocycles. The van der Waals surface area contributed by atoms with Gasteiger partial charge in [-0.25, -0.2) is 8.78 Å². The van der Waals surface area contributed by atoms with Crippen LogP contribution in [0.15, 0.2) is 18.2 Å². The Morgan fingerprint density at radius 1 is 1.43 bits per heavy atom. The van der Waals surface area contributed by atoms with Gasteiger partial charge in [-0.15, -0.1) is 0 Å². The molecule has 1 rings (SSSR count). The molecule has 1 N–H and O–H groups in total. The van der Waals surface area contributed by atoms with Crippen LogP contribution in [0.3, 0.4) is 0 Å². The van der Waals surface area contributed by atoms with Crippen LogP contribution in [0, 0.1) is 23.5 Å². The van der Waals surface area contributed by atoms with Gasteiger partial charge >= 0.3 is 0 Å². The summed E-state index contributed by atoms with van der Waals surface area (Å²) in [6, 6.07) is 2.53. The van der Waals surface area contributed by atoms with E-state index in [-0.39, 0.29) is 0 Å². The molecule has 1 aromatic carbocycles. The van der Waals surface area contributed by atoms with E-state index < -0.39 is 29.6 Å². The molecule has 0 aliphatic heterocycles. The van der Waals surface area contributed by atoms with Crippen LogP contribution in [0.5, 0.6) is 0 Å². The fourth-order valence-electron chi connectivity index (χ4n) is 0.859. The first kappa shape index (κ1) is 10.4. The predicted octanol–water partition coefficient (Wildman–Crippen LogP) is 1.14. The minimum absolute atomic E-state index is 0.425. The molecule has 0 saturated carbocycles. The van der Waals surface area contributed by atoms with E-state index in [9.17, 15) is 13.6 Å². The first-order valence-electron chi connectivity index (χ1n) is 3.74. The maximum absolute atomic E-state index is 12.9. The Bertz CT molecular complexity index is 416. The average molecular weight is 196 g/mol. The van der Waals surface area contributed by atoms with Gasteiger partial charge in [-0.2, -0.15) is 0 Å². The molecule has 0 fully saturated rings. The van der Waals surface area contributed by atoms with Gasteiger partial charge in [0.15, 0.2) is 0 Å². The predicted molar refractivity (Wildman–Crippen MR) is 45.6 cm³/mol. The highest BCUT2D eigenvalue weighted by molar-refractivity contribution is 6.09. The molecule has 0 aliphatic rings. The van der Waals surface area contributed by atoms with E-state index in [4.69, 9.17) is 5.11 Å². The number of rotatable bonds is 1. The Hall–Kier alpha value is -1.73. The number of aliphatic hydroxyl groups excluding tert-OH is 1. The van der Waals surface area contributed by atoms with Gasteiger partial charge in [0.2, 0.25) is 5.78 Å². The lowest BCUT2D eigenvalue weighted by atomic mass is 10.1. The van der Waals surface area contributed by atoms with Gasteiger partial charge in [-0.1, -0.05) is 5.92 Å². The van der Waals surface area contributed by atoms with Crippen molar-refractivity contribution in [2.75, 3.05) is 6.61 Å². The van der Waals surface area contributed by atoms with Gasteiger partial charge in [-0.3, -0.25) is 4.79 Å². The molecule has 0 spiro atoms. The Balaban J connectivity index is 3.06. The van der Waals surface area contributed by atoms with Crippen LogP contribution < -0.4 is 0 Å². The van der Waals surface area contributed by atoms with Crippen molar-refractivity contribution in [3.63, 3.8) is 0 Å². The van der Waals surface area contributed by atoms with Crippen molar-refractivity contribution in [1.29, 1.82) is 0 Å². The van der Waals surface area contributed by atoms with E-state index >= 15 is 0 Å². The van der Waals surface area contributed by atoms with E-state index in [1.807, 2.05) is 5.92 Å². The third kappa shape index (κ3) is 2.38. The molecule has 1 aromatic rings. The number of hydrogen-bond acceptors (Lipinski definition) is 2. The van der Waals surface area contributed by atoms with Gasteiger partial charge in [0.25, 0.3) is 0 Å². The van der Waals surface area contributed by atoms with Crippen molar-refractivity contribution in [2.24, 2.45) is 0 Å². The lowest BCUT2D eigenvalue weighted by Crippen LogP contribution is -2.00. The van der Waals surface area contributed by atoms with Crippen molar-refractivity contribution >= 4 is 5.78 Å². The summed E-state index contributed by atoms with van der Waals surface area (Å²) in [7, 11) is 0. The van der Waals surface area contributed by atoms with Gasteiger partial charge in [-0.05, 0) is 24.1 Å².